The summed E-state index contributed by atoms with van der Waals surface area (Å²) < 4.78 is 0. The van der Waals surface area contributed by atoms with Crippen LogP contribution in [-0.2, 0) is 11.2 Å². The van der Waals surface area contributed by atoms with Gasteiger partial charge < -0.3 is 21.5 Å². The lowest BCUT2D eigenvalue weighted by molar-refractivity contribution is -0.116. The van der Waals surface area contributed by atoms with Crippen LogP contribution in [0.25, 0.3) is 0 Å². The molecule has 19 heavy (non-hydrogen) atoms. The van der Waals surface area contributed by atoms with Gasteiger partial charge in [-0.3, -0.25) is 4.79 Å². The van der Waals surface area contributed by atoms with Crippen molar-refractivity contribution in [3.05, 3.63) is 17.7 Å². The molecule has 2 rings (SSSR count). The SMILES string of the molecule is CC(CCO)CNc1cc2c(cc1N)NC(=O)CC2. The van der Waals surface area contributed by atoms with E-state index in [0.29, 0.717) is 18.0 Å². The van der Waals surface area contributed by atoms with Crippen LogP contribution >= 0.6 is 0 Å². The average Bonchev–Trinajstić information content (AvgIpc) is 2.36. The molecular formula is C14H21N3O2. The highest BCUT2D eigenvalue weighted by atomic mass is 16.3. The lowest BCUT2D eigenvalue weighted by atomic mass is 10.0. The number of anilines is 3. The van der Waals surface area contributed by atoms with Gasteiger partial charge in [0.1, 0.15) is 0 Å². The third kappa shape index (κ3) is 3.38. The molecular weight excluding hydrogens is 242 g/mol. The first kappa shape index (κ1) is 13.7. The molecule has 0 bridgehead atoms. The standard InChI is InChI=1S/C14H21N3O2/c1-9(4-5-18)8-16-13-6-10-2-3-14(19)17-12(10)7-11(13)15/h6-7,9,16,18H,2-5,8,15H2,1H3,(H,17,19). The van der Waals surface area contributed by atoms with Crippen LogP contribution in [0, 0.1) is 5.92 Å². The van der Waals surface area contributed by atoms with Crippen LogP contribution in [0.3, 0.4) is 0 Å². The maximum Gasteiger partial charge on any atom is 0.224 e. The quantitative estimate of drug-likeness (QED) is 0.607. The Morgan fingerprint density at radius 3 is 3.00 bits per heavy atom. The van der Waals surface area contributed by atoms with Gasteiger partial charge in [0, 0.05) is 25.3 Å². The molecule has 5 nitrogen and oxygen atoms in total. The molecule has 0 fully saturated rings. The van der Waals surface area contributed by atoms with Crippen molar-refractivity contribution in [2.75, 3.05) is 29.5 Å². The Balaban J connectivity index is 2.07. The molecule has 1 aliphatic heterocycles. The zero-order chi connectivity index (χ0) is 13.8. The molecule has 1 aromatic carbocycles. The number of rotatable bonds is 5. The van der Waals surface area contributed by atoms with Gasteiger partial charge in [-0.05, 0) is 36.5 Å². The van der Waals surface area contributed by atoms with Crippen LogP contribution in [0.2, 0.25) is 0 Å². The number of fused-ring (bicyclic) bond motifs is 1. The number of hydrogen-bond acceptors (Lipinski definition) is 4. The second-order valence-electron chi connectivity index (χ2n) is 5.14. The smallest absolute Gasteiger partial charge is 0.224 e. The first-order chi connectivity index (χ1) is 9.10. The van der Waals surface area contributed by atoms with E-state index in [0.717, 1.165) is 36.3 Å². The molecule has 1 aromatic rings. The molecule has 0 radical (unpaired) electrons. The summed E-state index contributed by atoms with van der Waals surface area (Å²) in [5.41, 5.74) is 9.46. The molecule has 0 spiro atoms. The van der Waals surface area contributed by atoms with Gasteiger partial charge in [-0.25, -0.2) is 0 Å². The summed E-state index contributed by atoms with van der Waals surface area (Å²) in [5, 5.41) is 15.0. The molecule has 0 saturated heterocycles. The topological polar surface area (TPSA) is 87.4 Å². The van der Waals surface area contributed by atoms with Crippen molar-refractivity contribution >= 4 is 23.0 Å². The molecule has 0 aliphatic carbocycles. The average molecular weight is 263 g/mol. The molecule has 1 atom stereocenters. The summed E-state index contributed by atoms with van der Waals surface area (Å²) in [6, 6.07) is 3.82. The molecule has 5 N–H and O–H groups in total. The van der Waals surface area contributed by atoms with Gasteiger partial charge >= 0.3 is 0 Å². The number of carbonyl (C=O) groups excluding carboxylic acids is 1. The van der Waals surface area contributed by atoms with Gasteiger partial charge in [-0.15, -0.1) is 0 Å². The first-order valence-electron chi connectivity index (χ1n) is 6.67. The summed E-state index contributed by atoms with van der Waals surface area (Å²) in [4.78, 5) is 11.3. The number of aryl methyl sites for hydroxylation is 1. The normalized spacial score (nSPS) is 15.6. The summed E-state index contributed by atoms with van der Waals surface area (Å²) in [6.07, 6.45) is 2.05. The number of nitrogens with one attached hydrogen (secondary N) is 2. The Bertz CT molecular complexity index is 474. The molecule has 0 saturated carbocycles. The summed E-state index contributed by atoms with van der Waals surface area (Å²) in [7, 11) is 0. The van der Waals surface area contributed by atoms with Crippen LogP contribution in [-0.4, -0.2) is 24.2 Å². The predicted octanol–water partition coefficient (Wildman–Crippen LogP) is 1.58. The number of nitrogen functional groups attached to an aromatic ring is 1. The summed E-state index contributed by atoms with van der Waals surface area (Å²) >= 11 is 0. The number of nitrogens with two attached hydrogens (primary N) is 1. The van der Waals surface area contributed by atoms with E-state index < -0.39 is 0 Å². The van der Waals surface area contributed by atoms with Crippen molar-refractivity contribution in [3.8, 4) is 0 Å². The fraction of sp³-hybridized carbons (Fsp3) is 0.500. The van der Waals surface area contributed by atoms with Crippen molar-refractivity contribution in [1.29, 1.82) is 0 Å². The third-order valence-electron chi connectivity index (χ3n) is 3.43. The number of hydrogen-bond donors (Lipinski definition) is 4. The van der Waals surface area contributed by atoms with E-state index in [4.69, 9.17) is 10.8 Å². The number of aliphatic hydroxyl groups excluding tert-OH is 1. The van der Waals surface area contributed by atoms with Gasteiger partial charge in [0.15, 0.2) is 0 Å². The summed E-state index contributed by atoms with van der Waals surface area (Å²) in [6.45, 7) is 3.06. The zero-order valence-electron chi connectivity index (χ0n) is 11.2. The molecule has 5 heteroatoms. The highest BCUT2D eigenvalue weighted by Crippen LogP contribution is 2.31. The Morgan fingerprint density at radius 2 is 2.26 bits per heavy atom. The van der Waals surface area contributed by atoms with Crippen LogP contribution in [0.4, 0.5) is 17.1 Å². The largest absolute Gasteiger partial charge is 0.397 e. The van der Waals surface area contributed by atoms with E-state index >= 15 is 0 Å². The Hall–Kier alpha value is -1.75. The molecule has 1 heterocycles. The monoisotopic (exact) mass is 263 g/mol. The minimum Gasteiger partial charge on any atom is -0.397 e. The van der Waals surface area contributed by atoms with Crippen LogP contribution in [0.1, 0.15) is 25.3 Å². The number of benzene rings is 1. The Morgan fingerprint density at radius 1 is 1.47 bits per heavy atom. The minimum absolute atomic E-state index is 0.0455. The number of aliphatic hydroxyl groups is 1. The molecule has 1 unspecified atom stereocenters. The molecule has 1 aliphatic rings. The van der Waals surface area contributed by atoms with E-state index in [2.05, 4.69) is 17.6 Å². The van der Waals surface area contributed by atoms with Crippen molar-refractivity contribution in [1.82, 2.24) is 0 Å². The maximum atomic E-state index is 11.3. The van der Waals surface area contributed by atoms with E-state index in [9.17, 15) is 4.79 Å². The van der Waals surface area contributed by atoms with Crippen LogP contribution in [0.15, 0.2) is 12.1 Å². The summed E-state index contributed by atoms with van der Waals surface area (Å²) in [5.74, 6) is 0.435. The number of amides is 1. The lowest BCUT2D eigenvalue weighted by Crippen LogP contribution is -2.20. The van der Waals surface area contributed by atoms with Crippen molar-refractivity contribution < 1.29 is 9.90 Å². The molecule has 104 valence electrons. The van der Waals surface area contributed by atoms with Crippen molar-refractivity contribution in [2.24, 2.45) is 5.92 Å². The zero-order valence-corrected chi connectivity index (χ0v) is 11.2. The number of carbonyl (C=O) groups is 1. The van der Waals surface area contributed by atoms with Gasteiger partial charge in [0.25, 0.3) is 0 Å². The van der Waals surface area contributed by atoms with E-state index in [1.807, 2.05) is 12.1 Å². The second-order valence-corrected chi connectivity index (χ2v) is 5.14. The van der Waals surface area contributed by atoms with Gasteiger partial charge in [-0.1, -0.05) is 6.92 Å². The fourth-order valence-electron chi connectivity index (χ4n) is 2.21. The third-order valence-corrected chi connectivity index (χ3v) is 3.43. The van der Waals surface area contributed by atoms with Gasteiger partial charge in [0.05, 0.1) is 11.4 Å². The van der Waals surface area contributed by atoms with Gasteiger partial charge in [-0.2, -0.15) is 0 Å². The van der Waals surface area contributed by atoms with Crippen LogP contribution < -0.4 is 16.4 Å². The van der Waals surface area contributed by atoms with E-state index in [-0.39, 0.29) is 12.5 Å². The van der Waals surface area contributed by atoms with E-state index in [1.165, 1.54) is 0 Å². The second kappa shape index (κ2) is 5.93. The lowest BCUT2D eigenvalue weighted by Gasteiger charge is -2.20. The van der Waals surface area contributed by atoms with Gasteiger partial charge in [0.2, 0.25) is 5.91 Å². The molecule has 0 aromatic heterocycles. The Kier molecular flexibility index (Phi) is 4.27. The van der Waals surface area contributed by atoms with Crippen LogP contribution in [0.5, 0.6) is 0 Å². The first-order valence-corrected chi connectivity index (χ1v) is 6.67. The predicted molar refractivity (Wildman–Crippen MR) is 77.2 cm³/mol. The van der Waals surface area contributed by atoms with Crippen molar-refractivity contribution in [3.63, 3.8) is 0 Å². The minimum atomic E-state index is 0.0455. The highest BCUT2D eigenvalue weighted by Gasteiger charge is 2.16. The van der Waals surface area contributed by atoms with E-state index in [1.54, 1.807) is 0 Å². The highest BCUT2D eigenvalue weighted by molar-refractivity contribution is 5.95. The maximum absolute atomic E-state index is 11.3. The molecule has 1 amide bonds. The fourth-order valence-corrected chi connectivity index (χ4v) is 2.21. The Labute approximate surface area is 113 Å². The van der Waals surface area contributed by atoms with Crippen molar-refractivity contribution in [2.45, 2.75) is 26.2 Å².